The summed E-state index contributed by atoms with van der Waals surface area (Å²) >= 11 is 0. The Morgan fingerprint density at radius 3 is 1.91 bits per heavy atom. The van der Waals surface area contributed by atoms with Crippen molar-refractivity contribution in [3.05, 3.63) is 59.7 Å². The lowest BCUT2D eigenvalue weighted by atomic mass is 9.95. The predicted molar refractivity (Wildman–Crippen MR) is 280 cm³/mol. The van der Waals surface area contributed by atoms with Crippen LogP contribution in [0, 0.1) is 11.8 Å². The van der Waals surface area contributed by atoms with Crippen LogP contribution < -0.4 is 37.6 Å². The van der Waals surface area contributed by atoms with E-state index in [1.54, 1.807) is 39.8 Å². The topological polar surface area (TPSA) is 406 Å². The summed E-state index contributed by atoms with van der Waals surface area (Å²) in [7, 11) is 1.22. The van der Waals surface area contributed by atoms with Crippen LogP contribution in [0.15, 0.2) is 48.5 Å². The fraction of sp³-hybridized carbons (Fsp3) is 0.585. The number of hydrogen-bond donors (Lipinski definition) is 13. The van der Waals surface area contributed by atoms with Crippen LogP contribution in [-0.2, 0) is 65.5 Å². The number of nitrogens with two attached hydrogens (primary N) is 1. The fourth-order valence-corrected chi connectivity index (χ4v) is 9.09. The Morgan fingerprint density at radius 2 is 1.35 bits per heavy atom. The lowest BCUT2D eigenvalue weighted by molar-refractivity contribution is -0.170. The van der Waals surface area contributed by atoms with Gasteiger partial charge < -0.3 is 82.8 Å². The van der Waals surface area contributed by atoms with Crippen molar-refractivity contribution in [3.8, 4) is 11.5 Å². The number of benzene rings is 2. The van der Waals surface area contributed by atoms with Crippen molar-refractivity contribution >= 4 is 59.1 Å². The molecule has 2 bridgehead atoms. The minimum Gasteiger partial charge on any atom is -0.508 e. The summed E-state index contributed by atoms with van der Waals surface area (Å²) in [6.07, 6.45) is -8.60. The van der Waals surface area contributed by atoms with Gasteiger partial charge in [0.25, 0.3) is 5.91 Å². The fourth-order valence-electron chi connectivity index (χ4n) is 9.09. The zero-order valence-electron chi connectivity index (χ0n) is 45.4. The normalized spacial score (nSPS) is 24.7. The van der Waals surface area contributed by atoms with Gasteiger partial charge in [0.1, 0.15) is 72.2 Å². The number of rotatable bonds is 20. The number of cyclic esters (lactones) is 1. The highest BCUT2D eigenvalue weighted by molar-refractivity contribution is 5.99. The maximum absolute atomic E-state index is 14.8. The van der Waals surface area contributed by atoms with Crippen molar-refractivity contribution in [2.75, 3.05) is 13.7 Å². The van der Waals surface area contributed by atoms with Crippen molar-refractivity contribution in [3.63, 3.8) is 0 Å². The number of aliphatic hydroxyl groups excluding tert-OH is 4. The number of esters is 1. The molecule has 0 saturated carbocycles. The Kier molecular flexibility index (Phi) is 24.0. The molecule has 0 aromatic heterocycles. The Labute approximate surface area is 457 Å². The molecule has 2 aliphatic rings. The molecule has 14 N–H and O–H groups in total. The van der Waals surface area contributed by atoms with Crippen LogP contribution in [0.2, 0.25) is 0 Å². The Hall–Kier alpha value is -7.42. The van der Waals surface area contributed by atoms with Crippen molar-refractivity contribution in [2.24, 2.45) is 17.6 Å². The number of piperidine rings is 1. The van der Waals surface area contributed by atoms with Crippen molar-refractivity contribution in [1.29, 1.82) is 0 Å². The quantitative estimate of drug-likeness (QED) is 0.0603. The van der Waals surface area contributed by atoms with E-state index < -0.39 is 157 Å². The van der Waals surface area contributed by atoms with Gasteiger partial charge in [0, 0.05) is 19.9 Å². The van der Waals surface area contributed by atoms with E-state index in [2.05, 4.69) is 31.9 Å². The second-order valence-corrected chi connectivity index (χ2v) is 20.6. The molecule has 2 aromatic carbocycles. The SMILES string of the molecule is CCC(C)[C@@H]1NC(=O)C(Cc2ccc(O)cc2)N(C)C(=O)[C@H](C(C)O)N2C(=O)C(CCC2O)NC(=O)[C@H](CC(C)C)NC(=O)[C@@H](NC(=O)[C@H](CCC(N)=O)NC(=O)C(CCc2ccc(O)cc2)NC(=O)[C@H](O)CO)[C@@H](C)OC1=O. The Bertz CT molecular complexity index is 2480. The molecule has 79 heavy (non-hydrogen) atoms. The predicted octanol–water partition coefficient (Wildman–Crippen LogP) is -2.64. The molecule has 9 amide bonds. The molecule has 26 heteroatoms. The number of likely N-dealkylation sites (N-methyl/N-ethyl adjacent to an activating group) is 1. The number of aryl methyl sites for hydroxylation is 1. The number of fused-ring (bicyclic) bond motifs is 2. The van der Waals surface area contributed by atoms with Gasteiger partial charge in [-0.1, -0.05) is 58.4 Å². The first-order valence-corrected chi connectivity index (χ1v) is 26.3. The average molecular weight is 1110 g/mol. The zero-order valence-corrected chi connectivity index (χ0v) is 45.4. The standard InChI is InChI=1S/C53H77N9O17/c1-8-27(4)42-53(78)79-29(6)43(60-46(71)35(19-21-40(54)68)55-45(70)34(56-49(74)39(67)25-63)18-13-30-9-14-32(65)15-10-30)50(75)58-37(23-26(2)3)47(72)57-36-20-22-41(69)62(51(36)76)44(28(5)64)52(77)61(7)38(48(73)59-42)24-31-11-16-33(66)17-12-31/h9-12,14-17,26-29,34-39,41-44,63-67,69H,8,13,18-25H2,1-7H3,(H2,54,68)(H,55,70)(H,56,74)(H,57,72)(H,58,75)(H,59,73)(H,60,71)/t27?,28?,29-,34?,35+,36?,37+,38?,39-,41?,42+,43+,44+/m1/s1. The van der Waals surface area contributed by atoms with E-state index in [1.807, 2.05) is 0 Å². The number of aromatic hydroxyl groups is 2. The van der Waals surface area contributed by atoms with E-state index in [1.165, 1.54) is 57.3 Å². The molecule has 2 aromatic rings. The van der Waals surface area contributed by atoms with Gasteiger partial charge in [-0.3, -0.25) is 43.2 Å². The van der Waals surface area contributed by atoms with Crippen LogP contribution in [-0.4, -0.2) is 186 Å². The van der Waals surface area contributed by atoms with Gasteiger partial charge in [-0.25, -0.2) is 4.79 Å². The maximum Gasteiger partial charge on any atom is 0.329 e. The number of phenolic OH excluding ortho intramolecular Hbond substituents is 2. The molecule has 0 aliphatic carbocycles. The number of ether oxygens (including phenoxy) is 1. The first kappa shape index (κ1) is 64.1. The van der Waals surface area contributed by atoms with Crippen LogP contribution in [0.1, 0.15) is 97.6 Å². The molecular weight excluding hydrogens is 1030 g/mol. The average Bonchev–Trinajstić information content (AvgIpc) is 3.40. The number of carbonyl (C=O) groups excluding carboxylic acids is 10. The summed E-state index contributed by atoms with van der Waals surface area (Å²) in [5.74, 6) is -11.7. The van der Waals surface area contributed by atoms with Gasteiger partial charge in [-0.2, -0.15) is 0 Å². The molecule has 6 unspecified atom stereocenters. The lowest BCUT2D eigenvalue weighted by Crippen LogP contribution is -2.67. The molecule has 26 nitrogen and oxygen atoms in total. The summed E-state index contributed by atoms with van der Waals surface area (Å²) in [5.41, 5.74) is 6.48. The van der Waals surface area contributed by atoms with Gasteiger partial charge in [0.2, 0.25) is 47.3 Å². The molecule has 4 rings (SSSR count). The number of nitrogens with zero attached hydrogens (tertiary/aromatic N) is 2. The Balaban J connectivity index is 1.84. The number of amides is 9. The first-order valence-electron chi connectivity index (χ1n) is 26.3. The van der Waals surface area contributed by atoms with E-state index in [-0.39, 0.29) is 62.4 Å². The first-order chi connectivity index (χ1) is 37.2. The number of primary amides is 1. The number of nitrogens with one attached hydrogen (secondary N) is 6. The van der Waals surface area contributed by atoms with Crippen molar-refractivity contribution in [2.45, 2.75) is 172 Å². The maximum atomic E-state index is 14.8. The minimum absolute atomic E-state index is 0.0484. The third kappa shape index (κ3) is 18.1. The third-order valence-electron chi connectivity index (χ3n) is 13.9. The van der Waals surface area contributed by atoms with Crippen LogP contribution in [0.3, 0.4) is 0 Å². The number of phenols is 2. The highest BCUT2D eigenvalue weighted by Crippen LogP contribution is 2.26. The summed E-state index contributed by atoms with van der Waals surface area (Å²) in [4.78, 5) is 143. The van der Waals surface area contributed by atoms with Crippen LogP contribution >= 0.6 is 0 Å². The van der Waals surface area contributed by atoms with E-state index in [9.17, 15) is 78.6 Å². The molecular formula is C53H77N9O17. The molecule has 436 valence electrons. The molecule has 0 radical (unpaired) electrons. The second-order valence-electron chi connectivity index (χ2n) is 20.6. The van der Waals surface area contributed by atoms with E-state index in [0.29, 0.717) is 11.1 Å². The number of aliphatic hydroxyl groups is 4. The largest absolute Gasteiger partial charge is 0.508 e. The zero-order chi connectivity index (χ0) is 59.0. The van der Waals surface area contributed by atoms with Crippen LogP contribution in [0.4, 0.5) is 0 Å². The van der Waals surface area contributed by atoms with Crippen molar-refractivity contribution < 1.29 is 83.3 Å². The lowest BCUT2D eigenvalue weighted by Gasteiger charge is -2.43. The van der Waals surface area contributed by atoms with E-state index in [4.69, 9.17) is 10.5 Å². The van der Waals surface area contributed by atoms with E-state index >= 15 is 0 Å². The van der Waals surface area contributed by atoms with Gasteiger partial charge in [0.05, 0.1) is 12.7 Å². The molecule has 0 spiro atoms. The molecule has 2 aliphatic heterocycles. The van der Waals surface area contributed by atoms with Crippen LogP contribution in [0.5, 0.6) is 11.5 Å². The summed E-state index contributed by atoms with van der Waals surface area (Å²) < 4.78 is 5.91. The van der Waals surface area contributed by atoms with E-state index in [0.717, 1.165) is 9.80 Å². The number of hydrogen-bond acceptors (Lipinski definition) is 17. The second kappa shape index (κ2) is 29.5. The molecule has 13 atom stereocenters. The van der Waals surface area contributed by atoms with Crippen molar-refractivity contribution in [1.82, 2.24) is 41.7 Å². The highest BCUT2D eigenvalue weighted by atomic mass is 16.5. The Morgan fingerprint density at radius 1 is 0.772 bits per heavy atom. The molecule has 2 heterocycles. The smallest absolute Gasteiger partial charge is 0.329 e. The molecule has 2 fully saturated rings. The minimum atomic E-state index is -1.96. The monoisotopic (exact) mass is 1110 g/mol. The van der Waals surface area contributed by atoms with Crippen LogP contribution in [0.25, 0.3) is 0 Å². The summed E-state index contributed by atoms with van der Waals surface area (Å²) in [5, 5.41) is 76.9. The van der Waals surface area contributed by atoms with Gasteiger partial charge >= 0.3 is 5.97 Å². The summed E-state index contributed by atoms with van der Waals surface area (Å²) in [6.45, 7) is 8.12. The summed E-state index contributed by atoms with van der Waals surface area (Å²) in [6, 6.07) is -1.54. The third-order valence-corrected chi connectivity index (χ3v) is 13.9. The highest BCUT2D eigenvalue weighted by Gasteiger charge is 2.47. The molecule has 2 saturated heterocycles. The van der Waals surface area contributed by atoms with Gasteiger partial charge in [-0.15, -0.1) is 0 Å². The number of carbonyl (C=O) groups is 10. The van der Waals surface area contributed by atoms with Gasteiger partial charge in [-0.05, 0) is 99.6 Å². The van der Waals surface area contributed by atoms with Gasteiger partial charge in [0.15, 0.2) is 6.10 Å².